The maximum atomic E-state index is 11.5. The average Bonchev–Trinajstić information content (AvgIpc) is 2.29. The first-order valence-electron chi connectivity index (χ1n) is 5.60. The number of hydrogen-bond donors (Lipinski definition) is 2. The van der Waals surface area contributed by atoms with Crippen LogP contribution in [0.5, 0.6) is 0 Å². The van der Waals surface area contributed by atoms with Crippen molar-refractivity contribution >= 4 is 21.4 Å². The first-order valence-corrected chi connectivity index (χ1v) is 7.49. The second-order valence-electron chi connectivity index (χ2n) is 3.81. The molecule has 1 aromatic heterocycles. The van der Waals surface area contributed by atoms with Gasteiger partial charge in [-0.25, -0.2) is 13.4 Å². The Labute approximate surface area is 107 Å². The summed E-state index contributed by atoms with van der Waals surface area (Å²) < 4.78 is 22.4. The van der Waals surface area contributed by atoms with Crippen LogP contribution in [-0.2, 0) is 14.6 Å². The van der Waals surface area contributed by atoms with Crippen molar-refractivity contribution in [2.45, 2.75) is 18.4 Å². The van der Waals surface area contributed by atoms with Gasteiger partial charge in [0.1, 0.15) is 0 Å². The number of nitrogens with zero attached hydrogens (tertiary/aromatic N) is 1. The Morgan fingerprint density at radius 3 is 2.61 bits per heavy atom. The fraction of sp³-hybridized carbons (Fsp3) is 0.455. The molecule has 0 aliphatic heterocycles. The predicted octanol–water partition coefficient (Wildman–Crippen LogP) is 0.423. The molecule has 0 atom stereocenters. The van der Waals surface area contributed by atoms with Crippen LogP contribution < -0.4 is 10.6 Å². The molecule has 1 amide bonds. The molecule has 0 aliphatic carbocycles. The van der Waals surface area contributed by atoms with Crippen LogP contribution in [0.2, 0.25) is 0 Å². The molecular formula is C11H17N3O3S. The third-order valence-electron chi connectivity index (χ3n) is 2.18. The topological polar surface area (TPSA) is 88.2 Å². The number of aromatic nitrogens is 1. The Kier molecular flexibility index (Phi) is 5.24. The second kappa shape index (κ2) is 6.46. The monoisotopic (exact) mass is 271 g/mol. The Balaban J connectivity index is 2.56. The number of rotatable bonds is 6. The number of carbonyl (C=O) groups excluding carboxylic acids is 1. The van der Waals surface area contributed by atoms with Crippen LogP contribution in [-0.4, -0.2) is 38.7 Å². The fourth-order valence-corrected chi connectivity index (χ4v) is 1.84. The summed E-state index contributed by atoms with van der Waals surface area (Å²) in [5.41, 5.74) is 0.490. The summed E-state index contributed by atoms with van der Waals surface area (Å²) in [4.78, 5) is 15.3. The minimum absolute atomic E-state index is 0.00634. The van der Waals surface area contributed by atoms with Gasteiger partial charge >= 0.3 is 0 Å². The lowest BCUT2D eigenvalue weighted by Gasteiger charge is -2.05. The van der Waals surface area contributed by atoms with E-state index in [1.165, 1.54) is 18.3 Å². The van der Waals surface area contributed by atoms with E-state index in [4.69, 9.17) is 0 Å². The van der Waals surface area contributed by atoms with Crippen molar-refractivity contribution in [2.24, 2.45) is 0 Å². The third kappa shape index (κ3) is 4.80. The molecule has 18 heavy (non-hydrogen) atoms. The molecule has 0 unspecified atom stereocenters. The Hall–Kier alpha value is -1.47. The van der Waals surface area contributed by atoms with Gasteiger partial charge in [-0.2, -0.15) is 0 Å². The first-order chi connectivity index (χ1) is 8.43. The van der Waals surface area contributed by atoms with E-state index >= 15 is 0 Å². The normalized spacial score (nSPS) is 11.2. The number of amides is 1. The Bertz CT molecular complexity index is 497. The van der Waals surface area contributed by atoms with Gasteiger partial charge in [-0.15, -0.1) is 0 Å². The summed E-state index contributed by atoms with van der Waals surface area (Å²) in [6, 6.07) is 2.89. The van der Waals surface area contributed by atoms with Crippen LogP contribution in [0.3, 0.4) is 0 Å². The highest BCUT2D eigenvalue weighted by molar-refractivity contribution is 7.90. The van der Waals surface area contributed by atoms with Gasteiger partial charge in [0, 0.05) is 19.2 Å². The SMILES string of the molecule is CCNCCC(=O)Nc1ccc(S(C)(=O)=O)nc1. The molecule has 2 N–H and O–H groups in total. The molecule has 0 saturated heterocycles. The zero-order chi connectivity index (χ0) is 13.6. The number of carbonyl (C=O) groups is 1. The van der Waals surface area contributed by atoms with Crippen LogP contribution in [0.15, 0.2) is 23.4 Å². The molecule has 100 valence electrons. The molecule has 0 radical (unpaired) electrons. The highest BCUT2D eigenvalue weighted by Crippen LogP contribution is 2.10. The van der Waals surface area contributed by atoms with E-state index in [9.17, 15) is 13.2 Å². The van der Waals surface area contributed by atoms with E-state index in [-0.39, 0.29) is 10.9 Å². The molecule has 1 heterocycles. The van der Waals surface area contributed by atoms with Gasteiger partial charge in [0.15, 0.2) is 14.9 Å². The molecule has 6 nitrogen and oxygen atoms in total. The van der Waals surface area contributed by atoms with Crippen molar-refractivity contribution in [3.05, 3.63) is 18.3 Å². The van der Waals surface area contributed by atoms with Gasteiger partial charge in [0.2, 0.25) is 5.91 Å². The van der Waals surface area contributed by atoms with E-state index < -0.39 is 9.84 Å². The second-order valence-corrected chi connectivity index (χ2v) is 5.77. The minimum atomic E-state index is -3.30. The Morgan fingerprint density at radius 2 is 2.11 bits per heavy atom. The van der Waals surface area contributed by atoms with Gasteiger partial charge in [-0.3, -0.25) is 4.79 Å². The lowest BCUT2D eigenvalue weighted by atomic mass is 10.3. The van der Waals surface area contributed by atoms with E-state index in [2.05, 4.69) is 15.6 Å². The van der Waals surface area contributed by atoms with Gasteiger partial charge < -0.3 is 10.6 Å². The smallest absolute Gasteiger partial charge is 0.225 e. The van der Waals surface area contributed by atoms with Crippen LogP contribution >= 0.6 is 0 Å². The van der Waals surface area contributed by atoms with Crippen molar-refractivity contribution in [1.82, 2.24) is 10.3 Å². The number of sulfone groups is 1. The number of hydrogen-bond acceptors (Lipinski definition) is 5. The van der Waals surface area contributed by atoms with Crippen molar-refractivity contribution in [3.8, 4) is 0 Å². The first kappa shape index (κ1) is 14.6. The number of anilines is 1. The molecule has 0 saturated carbocycles. The molecule has 1 aromatic rings. The largest absolute Gasteiger partial charge is 0.325 e. The van der Waals surface area contributed by atoms with Gasteiger partial charge in [-0.05, 0) is 18.7 Å². The summed E-state index contributed by atoms with van der Waals surface area (Å²) >= 11 is 0. The predicted molar refractivity (Wildman–Crippen MR) is 69.1 cm³/mol. The molecule has 0 aliphatic rings. The van der Waals surface area contributed by atoms with Crippen LogP contribution in [0.4, 0.5) is 5.69 Å². The van der Waals surface area contributed by atoms with Crippen molar-refractivity contribution in [2.75, 3.05) is 24.7 Å². The van der Waals surface area contributed by atoms with Crippen LogP contribution in [0.25, 0.3) is 0 Å². The molecule has 0 aromatic carbocycles. The van der Waals surface area contributed by atoms with Crippen molar-refractivity contribution in [1.29, 1.82) is 0 Å². The van der Waals surface area contributed by atoms with E-state index in [0.717, 1.165) is 12.8 Å². The quantitative estimate of drug-likeness (QED) is 0.732. The number of nitrogens with one attached hydrogen (secondary N) is 2. The van der Waals surface area contributed by atoms with Crippen molar-refractivity contribution in [3.63, 3.8) is 0 Å². The van der Waals surface area contributed by atoms with Crippen LogP contribution in [0, 0.1) is 0 Å². The minimum Gasteiger partial charge on any atom is -0.325 e. The van der Waals surface area contributed by atoms with Crippen LogP contribution in [0.1, 0.15) is 13.3 Å². The van der Waals surface area contributed by atoms with Crippen molar-refractivity contribution < 1.29 is 13.2 Å². The van der Waals surface area contributed by atoms with Gasteiger partial charge in [-0.1, -0.05) is 6.92 Å². The summed E-state index contributed by atoms with van der Waals surface area (Å²) in [6.07, 6.45) is 2.78. The standard InChI is InChI=1S/C11H17N3O3S/c1-3-12-7-6-10(15)14-9-4-5-11(13-8-9)18(2,16)17/h4-5,8,12H,3,6-7H2,1-2H3,(H,14,15). The number of pyridine rings is 1. The molecular weight excluding hydrogens is 254 g/mol. The maximum absolute atomic E-state index is 11.5. The van der Waals surface area contributed by atoms with E-state index in [0.29, 0.717) is 18.7 Å². The Morgan fingerprint density at radius 1 is 1.39 bits per heavy atom. The molecule has 0 spiro atoms. The summed E-state index contributed by atoms with van der Waals surface area (Å²) in [5.74, 6) is -0.134. The zero-order valence-electron chi connectivity index (χ0n) is 10.4. The average molecular weight is 271 g/mol. The summed E-state index contributed by atoms with van der Waals surface area (Å²) in [5, 5.41) is 5.68. The maximum Gasteiger partial charge on any atom is 0.225 e. The van der Waals surface area contributed by atoms with E-state index in [1.54, 1.807) is 0 Å². The molecule has 1 rings (SSSR count). The highest BCUT2D eigenvalue weighted by atomic mass is 32.2. The van der Waals surface area contributed by atoms with E-state index in [1.807, 2.05) is 6.92 Å². The molecule has 0 bridgehead atoms. The highest BCUT2D eigenvalue weighted by Gasteiger charge is 2.08. The van der Waals surface area contributed by atoms with Gasteiger partial charge in [0.25, 0.3) is 0 Å². The molecule has 7 heteroatoms. The third-order valence-corrected chi connectivity index (χ3v) is 3.18. The van der Waals surface area contributed by atoms with Gasteiger partial charge in [0.05, 0.1) is 11.9 Å². The molecule has 0 fully saturated rings. The summed E-state index contributed by atoms with van der Waals surface area (Å²) in [6.45, 7) is 3.39. The summed E-state index contributed by atoms with van der Waals surface area (Å²) in [7, 11) is -3.30. The zero-order valence-corrected chi connectivity index (χ0v) is 11.3. The lowest BCUT2D eigenvalue weighted by molar-refractivity contribution is -0.116. The lowest BCUT2D eigenvalue weighted by Crippen LogP contribution is -2.21. The fourth-order valence-electron chi connectivity index (χ4n) is 1.28.